The van der Waals surface area contributed by atoms with Crippen LogP contribution >= 0.6 is 38.6 Å². The molecule has 1 atom stereocenters. The van der Waals surface area contributed by atoms with E-state index in [-0.39, 0.29) is 17.9 Å². The number of benzene rings is 1. The zero-order chi connectivity index (χ0) is 19.5. The molecule has 1 fully saturated rings. The van der Waals surface area contributed by atoms with Gasteiger partial charge >= 0.3 is 0 Å². The van der Waals surface area contributed by atoms with Gasteiger partial charge in [-0.15, -0.1) is 22.7 Å². The molecule has 0 radical (unpaired) electrons. The number of thiophene rings is 1. The summed E-state index contributed by atoms with van der Waals surface area (Å²) < 4.78 is 6.37. The average Bonchev–Trinajstić information content (AvgIpc) is 3.44. The van der Waals surface area contributed by atoms with Crippen molar-refractivity contribution in [2.45, 2.75) is 18.9 Å². The third kappa shape index (κ3) is 4.49. The lowest BCUT2D eigenvalue weighted by molar-refractivity contribution is -0.124. The van der Waals surface area contributed by atoms with Crippen molar-refractivity contribution in [1.29, 1.82) is 0 Å². The molecule has 28 heavy (non-hydrogen) atoms. The highest BCUT2D eigenvalue weighted by Crippen LogP contribution is 2.32. The third-order valence-corrected chi connectivity index (χ3v) is 6.85. The van der Waals surface area contributed by atoms with E-state index in [4.69, 9.17) is 4.74 Å². The number of ether oxygens (including phenoxy) is 1. The maximum Gasteiger partial charge on any atom is 0.275 e. The fourth-order valence-corrected chi connectivity index (χ4v) is 5.06. The fraction of sp³-hybridized carbons (Fsp3) is 0.211. The number of hydrogen-bond donors (Lipinski definition) is 2. The Morgan fingerprint density at radius 1 is 1.11 bits per heavy atom. The predicted octanol–water partition coefficient (Wildman–Crippen LogP) is 5.00. The Balaban J connectivity index is 1.37. The number of hydrogen-bond acceptors (Lipinski definition) is 6. The SMILES string of the molecule is O=C(Nc1ccc(NC(=O)C2CCCO2)cc1)c1csc(-c2cc(Br)cs2)n1. The summed E-state index contributed by atoms with van der Waals surface area (Å²) in [5.74, 6) is -0.404. The van der Waals surface area contributed by atoms with Crippen LogP contribution in [0.4, 0.5) is 11.4 Å². The lowest BCUT2D eigenvalue weighted by Crippen LogP contribution is -2.26. The second-order valence-electron chi connectivity index (χ2n) is 6.19. The first-order valence-electron chi connectivity index (χ1n) is 8.62. The van der Waals surface area contributed by atoms with Crippen LogP contribution in [0.3, 0.4) is 0 Å². The van der Waals surface area contributed by atoms with Crippen LogP contribution in [0.5, 0.6) is 0 Å². The number of aromatic nitrogens is 1. The van der Waals surface area contributed by atoms with E-state index < -0.39 is 0 Å². The number of nitrogens with zero attached hydrogens (tertiary/aromatic N) is 1. The molecule has 3 aromatic rings. The smallest absolute Gasteiger partial charge is 0.275 e. The van der Waals surface area contributed by atoms with Crippen molar-refractivity contribution in [3.63, 3.8) is 0 Å². The van der Waals surface area contributed by atoms with Gasteiger partial charge < -0.3 is 15.4 Å². The minimum absolute atomic E-state index is 0.135. The third-order valence-electron chi connectivity index (χ3n) is 4.15. The van der Waals surface area contributed by atoms with Crippen LogP contribution in [-0.4, -0.2) is 29.5 Å². The second kappa shape index (κ2) is 8.52. The molecule has 0 saturated carbocycles. The van der Waals surface area contributed by atoms with Gasteiger partial charge in [0.05, 0.1) is 4.88 Å². The Morgan fingerprint density at radius 3 is 2.50 bits per heavy atom. The van der Waals surface area contributed by atoms with E-state index in [0.29, 0.717) is 23.7 Å². The number of rotatable bonds is 5. The molecule has 1 aliphatic rings. The van der Waals surface area contributed by atoms with Crippen LogP contribution in [0.15, 0.2) is 45.6 Å². The average molecular weight is 478 g/mol. The van der Waals surface area contributed by atoms with Crippen molar-refractivity contribution >= 4 is 61.8 Å². The molecule has 1 aromatic carbocycles. The van der Waals surface area contributed by atoms with Gasteiger partial charge in [-0.05, 0) is 59.1 Å². The van der Waals surface area contributed by atoms with Gasteiger partial charge in [-0.3, -0.25) is 9.59 Å². The summed E-state index contributed by atoms with van der Waals surface area (Å²) in [5, 5.41) is 10.2. The number of halogens is 1. The Kier molecular flexibility index (Phi) is 5.86. The highest BCUT2D eigenvalue weighted by Gasteiger charge is 2.23. The molecule has 3 heterocycles. The molecule has 6 nitrogen and oxygen atoms in total. The highest BCUT2D eigenvalue weighted by molar-refractivity contribution is 9.10. The van der Waals surface area contributed by atoms with E-state index in [0.717, 1.165) is 27.2 Å². The molecule has 4 rings (SSSR count). The molecule has 1 unspecified atom stereocenters. The minimum atomic E-state index is -0.373. The van der Waals surface area contributed by atoms with Crippen molar-refractivity contribution in [2.24, 2.45) is 0 Å². The van der Waals surface area contributed by atoms with Crippen molar-refractivity contribution in [1.82, 2.24) is 4.98 Å². The number of anilines is 2. The lowest BCUT2D eigenvalue weighted by atomic mass is 10.2. The lowest BCUT2D eigenvalue weighted by Gasteiger charge is -2.11. The Morgan fingerprint density at radius 2 is 1.86 bits per heavy atom. The largest absolute Gasteiger partial charge is 0.368 e. The normalized spacial score (nSPS) is 16.1. The zero-order valence-corrected chi connectivity index (χ0v) is 17.8. The number of thiazole rings is 1. The van der Waals surface area contributed by atoms with Gasteiger partial charge in [0.1, 0.15) is 16.8 Å². The van der Waals surface area contributed by atoms with Crippen LogP contribution in [0, 0.1) is 0 Å². The summed E-state index contributed by atoms with van der Waals surface area (Å²) in [5.41, 5.74) is 1.67. The fourth-order valence-electron chi connectivity index (χ4n) is 2.76. The predicted molar refractivity (Wildman–Crippen MR) is 115 cm³/mol. The number of amides is 2. The first-order valence-corrected chi connectivity index (χ1v) is 11.2. The van der Waals surface area contributed by atoms with Crippen LogP contribution in [-0.2, 0) is 9.53 Å². The molecule has 2 N–H and O–H groups in total. The molecular formula is C19H16BrN3O3S2. The molecular weight excluding hydrogens is 462 g/mol. The Labute approximate surface area is 178 Å². The van der Waals surface area contributed by atoms with Crippen LogP contribution in [0.2, 0.25) is 0 Å². The van der Waals surface area contributed by atoms with Gasteiger partial charge in [0.25, 0.3) is 11.8 Å². The standard InChI is InChI=1S/C19H16BrN3O3S2/c20-11-8-16(27-9-11)19-23-14(10-28-19)17(24)21-12-3-5-13(6-4-12)22-18(25)15-2-1-7-26-15/h3-6,8-10,15H,1-2,7H2,(H,21,24)(H,22,25). The van der Waals surface area contributed by atoms with E-state index in [1.165, 1.54) is 11.3 Å². The maximum atomic E-state index is 12.4. The molecule has 2 aromatic heterocycles. The molecule has 9 heteroatoms. The number of carbonyl (C=O) groups is 2. The van der Waals surface area contributed by atoms with Gasteiger partial charge in [0, 0.05) is 33.2 Å². The first kappa shape index (κ1) is 19.3. The maximum absolute atomic E-state index is 12.4. The summed E-state index contributed by atoms with van der Waals surface area (Å²) in [6.07, 6.45) is 1.28. The zero-order valence-electron chi connectivity index (χ0n) is 14.6. The minimum Gasteiger partial charge on any atom is -0.368 e. The van der Waals surface area contributed by atoms with Gasteiger partial charge in [0.2, 0.25) is 0 Å². The summed E-state index contributed by atoms with van der Waals surface area (Å²) in [7, 11) is 0. The van der Waals surface area contributed by atoms with Gasteiger partial charge in [-0.1, -0.05) is 0 Å². The van der Waals surface area contributed by atoms with Crippen LogP contribution < -0.4 is 10.6 Å². The topological polar surface area (TPSA) is 80.3 Å². The van der Waals surface area contributed by atoms with E-state index in [1.54, 1.807) is 41.0 Å². The highest BCUT2D eigenvalue weighted by atomic mass is 79.9. The second-order valence-corrected chi connectivity index (χ2v) is 8.87. The van der Waals surface area contributed by atoms with Crippen LogP contribution in [0.1, 0.15) is 23.3 Å². The van der Waals surface area contributed by atoms with Gasteiger partial charge in [-0.2, -0.15) is 0 Å². The van der Waals surface area contributed by atoms with Gasteiger partial charge in [0.15, 0.2) is 0 Å². The Hall–Kier alpha value is -2.07. The Bertz CT molecular complexity index is 994. The van der Waals surface area contributed by atoms with Crippen molar-refractivity contribution in [3.8, 4) is 9.88 Å². The quantitative estimate of drug-likeness (QED) is 0.541. The molecule has 0 aliphatic carbocycles. The summed E-state index contributed by atoms with van der Waals surface area (Å²) in [6.45, 7) is 0.630. The first-order chi connectivity index (χ1) is 13.6. The van der Waals surface area contributed by atoms with Crippen LogP contribution in [0.25, 0.3) is 9.88 Å². The molecule has 2 amide bonds. The summed E-state index contributed by atoms with van der Waals surface area (Å²) >= 11 is 6.43. The van der Waals surface area contributed by atoms with E-state index in [2.05, 4.69) is 31.5 Å². The molecule has 144 valence electrons. The summed E-state index contributed by atoms with van der Waals surface area (Å²) in [6, 6.07) is 8.96. The summed E-state index contributed by atoms with van der Waals surface area (Å²) in [4.78, 5) is 29.9. The number of carbonyl (C=O) groups excluding carboxylic acids is 2. The van der Waals surface area contributed by atoms with Crippen molar-refractivity contribution in [3.05, 3.63) is 51.3 Å². The van der Waals surface area contributed by atoms with E-state index in [1.807, 2.05) is 11.4 Å². The van der Waals surface area contributed by atoms with E-state index >= 15 is 0 Å². The molecule has 1 saturated heterocycles. The molecule has 0 spiro atoms. The van der Waals surface area contributed by atoms with Crippen molar-refractivity contribution < 1.29 is 14.3 Å². The number of nitrogens with one attached hydrogen (secondary N) is 2. The van der Waals surface area contributed by atoms with E-state index in [9.17, 15) is 9.59 Å². The molecule has 0 bridgehead atoms. The monoisotopic (exact) mass is 477 g/mol. The van der Waals surface area contributed by atoms with Gasteiger partial charge in [-0.25, -0.2) is 4.98 Å². The van der Waals surface area contributed by atoms with Crippen molar-refractivity contribution in [2.75, 3.05) is 17.2 Å². The molecule has 1 aliphatic heterocycles.